The van der Waals surface area contributed by atoms with Gasteiger partial charge in [0.2, 0.25) is 11.8 Å². The molecule has 0 spiro atoms. The lowest BCUT2D eigenvalue weighted by Crippen LogP contribution is -2.42. The van der Waals surface area contributed by atoms with Gasteiger partial charge in [0, 0.05) is 6.54 Å². The normalized spacial score (nSPS) is 12.9. The third-order valence-electron chi connectivity index (χ3n) is 4.12. The number of para-hydroxylation sites is 1. The van der Waals surface area contributed by atoms with Crippen molar-refractivity contribution in [2.45, 2.75) is 11.4 Å². The number of methoxy groups -OCH3 is 1. The summed E-state index contributed by atoms with van der Waals surface area (Å²) in [7, 11) is 1.24. The summed E-state index contributed by atoms with van der Waals surface area (Å²) in [6.45, 7) is 3.41. The Hall–Kier alpha value is -3.40. The second-order valence-electron chi connectivity index (χ2n) is 5.99. The number of nitrogens with one attached hydrogen (secondary N) is 1. The van der Waals surface area contributed by atoms with Crippen molar-refractivity contribution in [2.75, 3.05) is 29.6 Å². The van der Waals surface area contributed by atoms with Crippen LogP contribution in [0.2, 0.25) is 0 Å². The monoisotopic (exact) mass is 414 g/mol. The summed E-state index contributed by atoms with van der Waals surface area (Å²) in [6, 6.07) is 6.36. The van der Waals surface area contributed by atoms with Crippen LogP contribution in [-0.2, 0) is 20.9 Å². The van der Waals surface area contributed by atoms with Crippen LogP contribution in [0.25, 0.3) is 0 Å². The number of anilines is 2. The highest BCUT2D eigenvalue weighted by atomic mass is 32.2. The zero-order chi connectivity index (χ0) is 21.0. The van der Waals surface area contributed by atoms with Crippen LogP contribution in [0.3, 0.4) is 0 Å². The molecule has 0 radical (unpaired) electrons. The lowest BCUT2D eigenvalue weighted by atomic mass is 10.2. The van der Waals surface area contributed by atoms with Gasteiger partial charge in [0.05, 0.1) is 35.2 Å². The molecule has 2 amide bonds. The molecule has 0 saturated carbocycles. The first-order valence-electron chi connectivity index (χ1n) is 8.57. The maximum atomic E-state index is 12.9. The molecule has 3 rings (SSSR count). The van der Waals surface area contributed by atoms with Crippen LogP contribution >= 0.6 is 11.8 Å². The predicted molar refractivity (Wildman–Crippen MR) is 108 cm³/mol. The standard InChI is InChI=1S/C19H18N4O5S/c1-3-8-22-16(25)11-29-14-9-20-23(18(26)17(14)22)10-15(24)21-13-7-5-4-6-12(13)19(27)28-2/h3-7,9H,1,8,10-11H2,2H3,(H,21,24). The molecule has 0 saturated heterocycles. The zero-order valence-electron chi connectivity index (χ0n) is 15.6. The maximum Gasteiger partial charge on any atom is 0.339 e. The fourth-order valence-electron chi connectivity index (χ4n) is 2.80. The van der Waals surface area contributed by atoms with E-state index >= 15 is 0 Å². The van der Waals surface area contributed by atoms with E-state index in [2.05, 4.69) is 17.0 Å². The molecular formula is C19H18N4O5S. The number of hydrogen-bond acceptors (Lipinski definition) is 7. The molecule has 0 atom stereocenters. The van der Waals surface area contributed by atoms with E-state index in [1.54, 1.807) is 18.2 Å². The molecule has 2 heterocycles. The summed E-state index contributed by atoms with van der Waals surface area (Å²) in [5.74, 6) is -1.16. The number of esters is 1. The molecule has 10 heteroatoms. The number of thioether (sulfide) groups is 1. The average molecular weight is 414 g/mol. The van der Waals surface area contributed by atoms with Crippen molar-refractivity contribution in [3.8, 4) is 0 Å². The summed E-state index contributed by atoms with van der Waals surface area (Å²) < 4.78 is 5.67. The fourth-order valence-corrected chi connectivity index (χ4v) is 3.69. The predicted octanol–water partition coefficient (Wildman–Crippen LogP) is 1.29. The molecule has 0 unspecified atom stereocenters. The molecule has 1 aliphatic rings. The molecule has 150 valence electrons. The second kappa shape index (κ2) is 8.74. The van der Waals surface area contributed by atoms with Crippen LogP contribution < -0.4 is 15.8 Å². The van der Waals surface area contributed by atoms with Crippen LogP contribution in [0, 0.1) is 0 Å². The van der Waals surface area contributed by atoms with Gasteiger partial charge in [-0.25, -0.2) is 9.48 Å². The van der Waals surface area contributed by atoms with Crippen LogP contribution in [-0.4, -0.2) is 47.0 Å². The van der Waals surface area contributed by atoms with Gasteiger partial charge in [0.15, 0.2) is 0 Å². The smallest absolute Gasteiger partial charge is 0.339 e. The Bertz CT molecular complexity index is 1050. The summed E-state index contributed by atoms with van der Waals surface area (Å²) in [5, 5.41) is 6.62. The number of amides is 2. The fraction of sp³-hybridized carbons (Fsp3) is 0.211. The second-order valence-corrected chi connectivity index (χ2v) is 7.00. The molecule has 1 aromatic heterocycles. The van der Waals surface area contributed by atoms with E-state index in [1.165, 1.54) is 42.1 Å². The van der Waals surface area contributed by atoms with E-state index in [0.717, 1.165) is 4.68 Å². The third-order valence-corrected chi connectivity index (χ3v) is 5.12. The molecule has 9 nitrogen and oxygen atoms in total. The van der Waals surface area contributed by atoms with Gasteiger partial charge in [-0.2, -0.15) is 5.10 Å². The number of aromatic nitrogens is 2. The summed E-state index contributed by atoms with van der Waals surface area (Å²) in [5.41, 5.74) is 0.0767. The van der Waals surface area contributed by atoms with Gasteiger partial charge in [-0.05, 0) is 12.1 Å². The zero-order valence-corrected chi connectivity index (χ0v) is 16.4. The highest BCUT2D eigenvalue weighted by Crippen LogP contribution is 2.31. The largest absolute Gasteiger partial charge is 0.465 e. The number of fused-ring (bicyclic) bond motifs is 1. The SMILES string of the molecule is C=CCN1C(=O)CSc2cnn(CC(=O)Nc3ccccc3C(=O)OC)c(=O)c21. The van der Waals surface area contributed by atoms with E-state index in [1.807, 2.05) is 0 Å². The quantitative estimate of drug-likeness (QED) is 0.560. The van der Waals surface area contributed by atoms with Crippen LogP contribution in [0.5, 0.6) is 0 Å². The number of rotatable bonds is 6. The van der Waals surface area contributed by atoms with Gasteiger partial charge < -0.3 is 15.0 Å². The first kappa shape index (κ1) is 20.3. The molecule has 1 aliphatic heterocycles. The summed E-state index contributed by atoms with van der Waals surface area (Å²) in [6.07, 6.45) is 2.98. The molecule has 2 aromatic rings. The van der Waals surface area contributed by atoms with Crippen LogP contribution in [0.15, 0.2) is 52.8 Å². The Kier molecular flexibility index (Phi) is 6.13. The lowest BCUT2D eigenvalue weighted by molar-refractivity contribution is -0.117. The topological polar surface area (TPSA) is 111 Å². The van der Waals surface area contributed by atoms with Crippen molar-refractivity contribution in [3.63, 3.8) is 0 Å². The van der Waals surface area contributed by atoms with Gasteiger partial charge in [0.25, 0.3) is 5.56 Å². The summed E-state index contributed by atoms with van der Waals surface area (Å²) >= 11 is 1.23. The number of nitrogens with zero attached hydrogens (tertiary/aromatic N) is 3. The molecule has 0 aliphatic carbocycles. The molecular weight excluding hydrogens is 396 g/mol. The van der Waals surface area contributed by atoms with Crippen LogP contribution in [0.1, 0.15) is 10.4 Å². The average Bonchev–Trinajstić information content (AvgIpc) is 2.72. The minimum atomic E-state index is -0.597. The van der Waals surface area contributed by atoms with Gasteiger partial charge in [-0.15, -0.1) is 18.3 Å². The number of benzene rings is 1. The third kappa shape index (κ3) is 4.21. The Morgan fingerprint density at radius 3 is 2.83 bits per heavy atom. The first-order chi connectivity index (χ1) is 14.0. The van der Waals surface area contributed by atoms with Gasteiger partial charge in [-0.3, -0.25) is 14.4 Å². The number of carbonyl (C=O) groups excluding carboxylic acids is 3. The van der Waals surface area contributed by atoms with Crippen LogP contribution in [0.4, 0.5) is 11.4 Å². The van der Waals surface area contributed by atoms with E-state index in [4.69, 9.17) is 4.74 Å². The minimum Gasteiger partial charge on any atom is -0.465 e. The van der Waals surface area contributed by atoms with E-state index in [-0.39, 0.29) is 41.7 Å². The first-order valence-corrected chi connectivity index (χ1v) is 9.56. The van der Waals surface area contributed by atoms with Crippen molar-refractivity contribution in [3.05, 3.63) is 59.0 Å². The minimum absolute atomic E-state index is 0.184. The molecule has 0 bridgehead atoms. The van der Waals surface area contributed by atoms with Crippen molar-refractivity contribution in [1.29, 1.82) is 0 Å². The van der Waals surface area contributed by atoms with E-state index < -0.39 is 17.4 Å². The molecule has 1 aromatic carbocycles. The van der Waals surface area contributed by atoms with Crippen molar-refractivity contribution in [2.24, 2.45) is 0 Å². The number of hydrogen-bond donors (Lipinski definition) is 1. The maximum absolute atomic E-state index is 12.9. The van der Waals surface area contributed by atoms with Crippen molar-refractivity contribution in [1.82, 2.24) is 9.78 Å². The highest BCUT2D eigenvalue weighted by molar-refractivity contribution is 8.00. The van der Waals surface area contributed by atoms with E-state index in [0.29, 0.717) is 4.90 Å². The van der Waals surface area contributed by atoms with Crippen molar-refractivity contribution >= 4 is 40.9 Å². The molecule has 0 fully saturated rings. The lowest BCUT2D eigenvalue weighted by Gasteiger charge is -2.27. The molecule has 1 N–H and O–H groups in total. The Morgan fingerprint density at radius 1 is 1.34 bits per heavy atom. The van der Waals surface area contributed by atoms with Crippen molar-refractivity contribution < 1.29 is 19.1 Å². The van der Waals surface area contributed by atoms with Gasteiger partial charge >= 0.3 is 5.97 Å². The number of carbonyl (C=O) groups is 3. The highest BCUT2D eigenvalue weighted by Gasteiger charge is 2.28. The van der Waals surface area contributed by atoms with E-state index in [9.17, 15) is 19.2 Å². The number of ether oxygens (including phenoxy) is 1. The Labute approximate surface area is 170 Å². The van der Waals surface area contributed by atoms with Gasteiger partial charge in [0.1, 0.15) is 12.2 Å². The Morgan fingerprint density at radius 2 is 2.10 bits per heavy atom. The van der Waals surface area contributed by atoms with Gasteiger partial charge in [-0.1, -0.05) is 18.2 Å². The molecule has 29 heavy (non-hydrogen) atoms. The summed E-state index contributed by atoms with van der Waals surface area (Å²) in [4.78, 5) is 51.2. The Balaban J connectivity index is 1.86.